The molecule has 0 fully saturated rings. The summed E-state index contributed by atoms with van der Waals surface area (Å²) in [7, 11) is 0. The van der Waals surface area contributed by atoms with Gasteiger partial charge in [0.2, 0.25) is 5.91 Å². The largest absolute Gasteiger partial charge is 0.274 e. The van der Waals surface area contributed by atoms with Gasteiger partial charge < -0.3 is 0 Å². The van der Waals surface area contributed by atoms with Crippen LogP contribution < -0.4 is 4.90 Å². The second-order valence-electron chi connectivity index (χ2n) is 7.21. The molecule has 0 aliphatic rings. The van der Waals surface area contributed by atoms with Crippen LogP contribution >= 0.6 is 11.3 Å². The Labute approximate surface area is 173 Å². The Morgan fingerprint density at radius 2 is 1.69 bits per heavy atom. The fourth-order valence-corrected chi connectivity index (χ4v) is 4.21. The molecule has 0 saturated carbocycles. The number of rotatable bonds is 5. The number of benzene rings is 3. The third-order valence-electron chi connectivity index (χ3n) is 4.84. The minimum atomic E-state index is -0.375. The zero-order chi connectivity index (χ0) is 20.4. The first kappa shape index (κ1) is 19.3. The van der Waals surface area contributed by atoms with E-state index in [1.54, 1.807) is 23.1 Å². The van der Waals surface area contributed by atoms with Crippen molar-refractivity contribution in [2.75, 3.05) is 4.90 Å². The van der Waals surface area contributed by atoms with Crippen molar-refractivity contribution in [3.63, 3.8) is 0 Å². The first-order chi connectivity index (χ1) is 14.0. The van der Waals surface area contributed by atoms with Gasteiger partial charge in [0.1, 0.15) is 5.82 Å². The smallest absolute Gasteiger partial charge is 0.237 e. The van der Waals surface area contributed by atoms with Gasteiger partial charge in [0.15, 0.2) is 5.13 Å². The fraction of sp³-hybridized carbons (Fsp3) is 0.167. The number of para-hydroxylation sites is 1. The molecule has 29 heavy (non-hydrogen) atoms. The average Bonchev–Trinajstić information content (AvgIpc) is 3.14. The Bertz CT molecular complexity index is 1120. The minimum absolute atomic E-state index is 0.0332. The summed E-state index contributed by atoms with van der Waals surface area (Å²) in [5.74, 6) is -0.194. The molecule has 0 aliphatic heterocycles. The van der Waals surface area contributed by atoms with Crippen molar-refractivity contribution in [3.8, 4) is 0 Å². The summed E-state index contributed by atoms with van der Waals surface area (Å²) >= 11 is 1.45. The molecule has 4 aromatic rings. The molecule has 1 amide bonds. The van der Waals surface area contributed by atoms with Crippen LogP contribution in [0.4, 0.5) is 15.2 Å². The number of fused-ring (bicyclic) bond motifs is 1. The molecule has 0 N–H and O–H groups in total. The van der Waals surface area contributed by atoms with Crippen LogP contribution in [-0.4, -0.2) is 10.9 Å². The number of aromatic nitrogens is 1. The lowest BCUT2D eigenvalue weighted by molar-refractivity contribution is -0.117. The van der Waals surface area contributed by atoms with Crippen molar-refractivity contribution < 1.29 is 9.18 Å². The lowest BCUT2D eigenvalue weighted by Gasteiger charge is -2.21. The molecular weight excluding hydrogens is 383 g/mol. The average molecular weight is 405 g/mol. The summed E-state index contributed by atoms with van der Waals surface area (Å²) in [4.78, 5) is 19.5. The minimum Gasteiger partial charge on any atom is -0.274 e. The van der Waals surface area contributed by atoms with Crippen molar-refractivity contribution >= 4 is 38.3 Å². The van der Waals surface area contributed by atoms with Crippen LogP contribution in [0.25, 0.3) is 10.2 Å². The van der Waals surface area contributed by atoms with Gasteiger partial charge in [-0.25, -0.2) is 9.37 Å². The number of amides is 1. The molecule has 0 unspecified atom stereocenters. The summed E-state index contributed by atoms with van der Waals surface area (Å²) in [5, 5.41) is 0.588. The molecule has 0 bridgehead atoms. The molecule has 146 valence electrons. The number of hydrogen-bond acceptors (Lipinski definition) is 3. The number of nitrogens with zero attached hydrogens (tertiary/aromatic N) is 2. The van der Waals surface area contributed by atoms with Crippen molar-refractivity contribution in [3.05, 3.63) is 89.7 Å². The molecule has 0 radical (unpaired) electrons. The van der Waals surface area contributed by atoms with Crippen LogP contribution in [0.3, 0.4) is 0 Å². The van der Waals surface area contributed by atoms with Gasteiger partial charge in [-0.1, -0.05) is 67.6 Å². The van der Waals surface area contributed by atoms with Crippen molar-refractivity contribution in [2.45, 2.75) is 26.2 Å². The van der Waals surface area contributed by atoms with Crippen LogP contribution in [0.1, 0.15) is 30.9 Å². The number of hydrogen-bond donors (Lipinski definition) is 0. The highest BCUT2D eigenvalue weighted by Gasteiger charge is 2.23. The van der Waals surface area contributed by atoms with Crippen molar-refractivity contribution in [1.82, 2.24) is 4.98 Å². The SMILES string of the molecule is CC(C)c1ccc(N(C(=O)Cc2ccccc2F)c2nc3ccccc3s2)cc1. The van der Waals surface area contributed by atoms with Gasteiger partial charge in [0.05, 0.1) is 22.3 Å². The van der Waals surface area contributed by atoms with E-state index in [0.29, 0.717) is 16.6 Å². The molecular formula is C24H21FN2OS. The van der Waals surface area contributed by atoms with E-state index in [1.807, 2.05) is 48.5 Å². The standard InChI is InChI=1S/C24H21FN2OS/c1-16(2)17-11-13-19(14-12-17)27(23(28)15-18-7-3-4-8-20(18)25)24-26-21-9-5-6-10-22(21)29-24/h3-14,16H,15H2,1-2H3. The topological polar surface area (TPSA) is 33.2 Å². The molecule has 0 aliphatic carbocycles. The summed E-state index contributed by atoms with van der Waals surface area (Å²) in [6.07, 6.45) is -0.0332. The molecule has 3 aromatic carbocycles. The quantitative estimate of drug-likeness (QED) is 0.382. The predicted octanol–water partition coefficient (Wildman–Crippen LogP) is 6.47. The lowest BCUT2D eigenvalue weighted by atomic mass is 10.0. The van der Waals surface area contributed by atoms with Crippen LogP contribution in [0.2, 0.25) is 0 Å². The lowest BCUT2D eigenvalue weighted by Crippen LogP contribution is -2.27. The Morgan fingerprint density at radius 3 is 2.38 bits per heavy atom. The molecule has 0 atom stereocenters. The highest BCUT2D eigenvalue weighted by molar-refractivity contribution is 7.22. The van der Waals surface area contributed by atoms with Crippen LogP contribution in [-0.2, 0) is 11.2 Å². The summed E-state index contributed by atoms with van der Waals surface area (Å²) < 4.78 is 15.1. The van der Waals surface area contributed by atoms with Crippen LogP contribution in [0.5, 0.6) is 0 Å². The summed E-state index contributed by atoms with van der Waals surface area (Å²) in [6, 6.07) is 22.1. The van der Waals surface area contributed by atoms with Crippen LogP contribution in [0.15, 0.2) is 72.8 Å². The van der Waals surface area contributed by atoms with E-state index in [0.717, 1.165) is 15.9 Å². The number of carbonyl (C=O) groups is 1. The van der Waals surface area contributed by atoms with E-state index < -0.39 is 0 Å². The van der Waals surface area contributed by atoms with E-state index >= 15 is 0 Å². The molecule has 0 saturated heterocycles. The van der Waals surface area contributed by atoms with E-state index in [4.69, 9.17) is 0 Å². The Kier molecular flexibility index (Phi) is 5.41. The second kappa shape index (κ2) is 8.13. The fourth-order valence-electron chi connectivity index (χ4n) is 3.21. The number of halogens is 1. The Morgan fingerprint density at radius 1 is 1.00 bits per heavy atom. The Hall–Kier alpha value is -3.05. The molecule has 5 heteroatoms. The van der Waals surface area contributed by atoms with Gasteiger partial charge in [-0.2, -0.15) is 0 Å². The molecule has 0 spiro atoms. The first-order valence-corrected chi connectivity index (χ1v) is 10.4. The normalized spacial score (nSPS) is 11.2. The van der Waals surface area contributed by atoms with Gasteiger partial charge in [-0.05, 0) is 47.4 Å². The van der Waals surface area contributed by atoms with Gasteiger partial charge in [-0.3, -0.25) is 9.69 Å². The maximum atomic E-state index is 14.1. The van der Waals surface area contributed by atoms with E-state index in [2.05, 4.69) is 18.8 Å². The molecule has 4 rings (SSSR count). The Balaban J connectivity index is 1.75. The van der Waals surface area contributed by atoms with Gasteiger partial charge in [0, 0.05) is 0 Å². The maximum Gasteiger partial charge on any atom is 0.237 e. The number of anilines is 2. The number of carbonyl (C=O) groups excluding carboxylic acids is 1. The van der Waals surface area contributed by atoms with Crippen molar-refractivity contribution in [1.29, 1.82) is 0 Å². The molecule has 3 nitrogen and oxygen atoms in total. The van der Waals surface area contributed by atoms with Crippen LogP contribution in [0, 0.1) is 5.82 Å². The third kappa shape index (κ3) is 4.05. The molecule has 1 heterocycles. The van der Waals surface area contributed by atoms with Gasteiger partial charge in [-0.15, -0.1) is 0 Å². The third-order valence-corrected chi connectivity index (χ3v) is 5.86. The van der Waals surface area contributed by atoms with Crippen molar-refractivity contribution in [2.24, 2.45) is 0 Å². The second-order valence-corrected chi connectivity index (χ2v) is 8.22. The maximum absolute atomic E-state index is 14.1. The summed E-state index contributed by atoms with van der Waals surface area (Å²) in [6.45, 7) is 4.26. The van der Waals surface area contributed by atoms with E-state index in [9.17, 15) is 9.18 Å². The highest BCUT2D eigenvalue weighted by Crippen LogP contribution is 2.34. The van der Waals surface area contributed by atoms with Gasteiger partial charge >= 0.3 is 0 Å². The summed E-state index contributed by atoms with van der Waals surface area (Å²) in [5.41, 5.74) is 3.15. The van der Waals surface area contributed by atoms with Gasteiger partial charge in [0.25, 0.3) is 0 Å². The van der Waals surface area contributed by atoms with E-state index in [-0.39, 0.29) is 18.1 Å². The predicted molar refractivity (Wildman–Crippen MR) is 117 cm³/mol. The monoisotopic (exact) mass is 404 g/mol. The number of thiazole rings is 1. The zero-order valence-electron chi connectivity index (χ0n) is 16.3. The first-order valence-electron chi connectivity index (χ1n) is 9.55. The van der Waals surface area contributed by atoms with E-state index in [1.165, 1.54) is 23.0 Å². The molecule has 1 aromatic heterocycles. The highest BCUT2D eigenvalue weighted by atomic mass is 32.1. The zero-order valence-corrected chi connectivity index (χ0v) is 17.1.